The Morgan fingerprint density at radius 1 is 1.04 bits per heavy atom. The summed E-state index contributed by atoms with van der Waals surface area (Å²) in [5.74, 6) is -0.620. The average Bonchev–Trinajstić information content (AvgIpc) is 3.00. The molecule has 28 heavy (non-hydrogen) atoms. The summed E-state index contributed by atoms with van der Waals surface area (Å²) in [6, 6.07) is 13.2. The van der Waals surface area contributed by atoms with Gasteiger partial charge in [-0.05, 0) is 66.0 Å². The maximum atomic E-state index is 12.6. The van der Waals surface area contributed by atoms with Crippen molar-refractivity contribution in [3.63, 3.8) is 0 Å². The lowest BCUT2D eigenvalue weighted by atomic mass is 10.1. The van der Waals surface area contributed by atoms with Gasteiger partial charge < -0.3 is 10.6 Å². The fourth-order valence-electron chi connectivity index (χ4n) is 2.66. The molecule has 0 fully saturated rings. The Bertz CT molecular complexity index is 1040. The van der Waals surface area contributed by atoms with Crippen LogP contribution in [0.4, 0.5) is 11.4 Å². The lowest BCUT2D eigenvalue weighted by Crippen LogP contribution is -2.21. The number of halogens is 1. The second kappa shape index (κ2) is 8.35. The minimum absolute atomic E-state index is 0.0447. The molecule has 0 saturated carbocycles. The van der Waals surface area contributed by atoms with Gasteiger partial charge in [-0.2, -0.15) is 0 Å². The van der Waals surface area contributed by atoms with Crippen molar-refractivity contribution in [1.29, 1.82) is 0 Å². The van der Waals surface area contributed by atoms with Gasteiger partial charge in [-0.3, -0.25) is 9.59 Å². The van der Waals surface area contributed by atoms with Crippen molar-refractivity contribution in [2.75, 3.05) is 10.6 Å². The third kappa shape index (κ3) is 4.45. The first-order valence-corrected chi connectivity index (χ1v) is 9.47. The summed E-state index contributed by atoms with van der Waals surface area (Å²) in [5, 5.41) is 13.6. The molecule has 0 aliphatic heterocycles. The van der Waals surface area contributed by atoms with Crippen LogP contribution in [-0.2, 0) is 11.3 Å². The van der Waals surface area contributed by atoms with Crippen LogP contribution in [0.1, 0.15) is 27.3 Å². The van der Waals surface area contributed by atoms with E-state index in [-0.39, 0.29) is 24.1 Å². The Morgan fingerprint density at radius 2 is 1.79 bits per heavy atom. The van der Waals surface area contributed by atoms with E-state index in [9.17, 15) is 9.59 Å². The van der Waals surface area contributed by atoms with Gasteiger partial charge in [-0.25, -0.2) is 4.68 Å². The van der Waals surface area contributed by atoms with Gasteiger partial charge in [0.05, 0.1) is 11.4 Å². The number of carbonyl (C=O) groups is 2. The Hall–Kier alpha value is -3.00. The second-order valence-corrected chi connectivity index (χ2v) is 7.34. The maximum absolute atomic E-state index is 12.6. The van der Waals surface area contributed by atoms with Gasteiger partial charge in [0.15, 0.2) is 5.69 Å². The number of hydrogen-bond donors (Lipinski definition) is 2. The van der Waals surface area contributed by atoms with E-state index in [0.29, 0.717) is 11.4 Å². The normalized spacial score (nSPS) is 10.6. The van der Waals surface area contributed by atoms with Crippen molar-refractivity contribution in [3.8, 4) is 0 Å². The van der Waals surface area contributed by atoms with Gasteiger partial charge in [0, 0.05) is 10.2 Å². The molecule has 3 rings (SSSR count). The lowest BCUT2D eigenvalue weighted by Gasteiger charge is -2.09. The van der Waals surface area contributed by atoms with Crippen molar-refractivity contribution in [2.24, 2.45) is 0 Å². The summed E-state index contributed by atoms with van der Waals surface area (Å²) < 4.78 is 2.19. The highest BCUT2D eigenvalue weighted by Crippen LogP contribution is 2.21. The third-order valence-corrected chi connectivity index (χ3v) is 4.97. The first-order valence-electron chi connectivity index (χ1n) is 8.68. The number of nitrogens with zero attached hydrogens (tertiary/aromatic N) is 3. The van der Waals surface area contributed by atoms with Crippen LogP contribution in [-0.4, -0.2) is 26.8 Å². The minimum Gasteiger partial charge on any atom is -0.323 e. The number of amides is 2. The van der Waals surface area contributed by atoms with Crippen molar-refractivity contribution in [1.82, 2.24) is 15.0 Å². The molecule has 0 radical (unpaired) electrons. The summed E-state index contributed by atoms with van der Waals surface area (Å²) in [6.07, 6.45) is 0. The van der Waals surface area contributed by atoms with Crippen LogP contribution in [0.5, 0.6) is 0 Å². The van der Waals surface area contributed by atoms with Crippen LogP contribution in [0.25, 0.3) is 0 Å². The fourth-order valence-corrected chi connectivity index (χ4v) is 3.04. The molecule has 2 amide bonds. The quantitative estimate of drug-likeness (QED) is 0.628. The van der Waals surface area contributed by atoms with E-state index in [0.717, 1.165) is 21.3 Å². The smallest absolute Gasteiger partial charge is 0.278 e. The number of aromatic nitrogens is 3. The summed E-state index contributed by atoms with van der Waals surface area (Å²) in [7, 11) is 0. The number of nitrogens with one attached hydrogen (secondary N) is 2. The van der Waals surface area contributed by atoms with Crippen molar-refractivity contribution < 1.29 is 9.59 Å². The molecule has 2 aromatic carbocycles. The van der Waals surface area contributed by atoms with Crippen molar-refractivity contribution in [3.05, 3.63) is 69.5 Å². The van der Waals surface area contributed by atoms with E-state index in [1.165, 1.54) is 4.68 Å². The van der Waals surface area contributed by atoms with Gasteiger partial charge in [0.2, 0.25) is 5.91 Å². The van der Waals surface area contributed by atoms with Crippen LogP contribution in [0.2, 0.25) is 0 Å². The Balaban J connectivity index is 1.71. The molecular formula is C20H20BrN5O2. The predicted molar refractivity (Wildman–Crippen MR) is 111 cm³/mol. The number of anilines is 2. The van der Waals surface area contributed by atoms with Crippen LogP contribution in [0.15, 0.2) is 46.9 Å². The maximum Gasteiger partial charge on any atom is 0.278 e. The molecule has 1 heterocycles. The highest BCUT2D eigenvalue weighted by molar-refractivity contribution is 9.10. The van der Waals surface area contributed by atoms with E-state index < -0.39 is 0 Å². The van der Waals surface area contributed by atoms with Gasteiger partial charge >= 0.3 is 0 Å². The number of rotatable bonds is 5. The zero-order valence-corrected chi connectivity index (χ0v) is 17.4. The molecule has 0 aliphatic rings. The molecule has 0 atom stereocenters. The van der Waals surface area contributed by atoms with E-state index >= 15 is 0 Å². The Morgan fingerprint density at radius 3 is 2.54 bits per heavy atom. The largest absolute Gasteiger partial charge is 0.323 e. The van der Waals surface area contributed by atoms with E-state index in [2.05, 4.69) is 36.9 Å². The highest BCUT2D eigenvalue weighted by Gasteiger charge is 2.19. The van der Waals surface area contributed by atoms with Crippen LogP contribution < -0.4 is 10.6 Å². The Kier molecular flexibility index (Phi) is 5.89. The molecule has 1 aromatic heterocycles. The topological polar surface area (TPSA) is 88.9 Å². The SMILES string of the molecule is Cc1ccc(C)c(NC(=O)c2nnn(CC(=O)Nc3ccccc3Br)c2C)c1. The summed E-state index contributed by atoms with van der Waals surface area (Å²) in [4.78, 5) is 24.9. The predicted octanol–water partition coefficient (Wildman–Crippen LogP) is 3.86. The van der Waals surface area contributed by atoms with E-state index in [1.54, 1.807) is 13.0 Å². The summed E-state index contributed by atoms with van der Waals surface area (Å²) in [6.45, 7) is 5.55. The van der Waals surface area contributed by atoms with Crippen LogP contribution >= 0.6 is 15.9 Å². The molecule has 8 heteroatoms. The number of carbonyl (C=O) groups excluding carboxylic acids is 2. The van der Waals surface area contributed by atoms with Gasteiger partial charge in [0.1, 0.15) is 6.54 Å². The first-order chi connectivity index (χ1) is 13.3. The number of para-hydroxylation sites is 1. The van der Waals surface area contributed by atoms with Gasteiger partial charge in [-0.15, -0.1) is 5.10 Å². The molecule has 0 spiro atoms. The Labute approximate surface area is 171 Å². The molecule has 3 aromatic rings. The van der Waals surface area contributed by atoms with Crippen molar-refractivity contribution in [2.45, 2.75) is 27.3 Å². The fraction of sp³-hybridized carbons (Fsp3) is 0.200. The monoisotopic (exact) mass is 441 g/mol. The van der Waals surface area contributed by atoms with Crippen molar-refractivity contribution >= 4 is 39.1 Å². The summed E-state index contributed by atoms with van der Waals surface area (Å²) in [5.41, 5.74) is 4.10. The molecule has 0 bridgehead atoms. The zero-order chi connectivity index (χ0) is 20.3. The number of benzene rings is 2. The lowest BCUT2D eigenvalue weighted by molar-refractivity contribution is -0.117. The first kappa shape index (κ1) is 19.8. The molecule has 2 N–H and O–H groups in total. The van der Waals surface area contributed by atoms with Gasteiger partial charge in [-0.1, -0.05) is 29.5 Å². The van der Waals surface area contributed by atoms with Gasteiger partial charge in [0.25, 0.3) is 5.91 Å². The molecule has 144 valence electrons. The number of aryl methyl sites for hydroxylation is 2. The average molecular weight is 442 g/mol. The molecule has 0 unspecified atom stereocenters. The highest BCUT2D eigenvalue weighted by atomic mass is 79.9. The van der Waals surface area contributed by atoms with Crippen LogP contribution in [0, 0.1) is 20.8 Å². The molecule has 0 aliphatic carbocycles. The minimum atomic E-state index is -0.358. The molecular weight excluding hydrogens is 422 g/mol. The van der Waals surface area contributed by atoms with E-state index in [1.807, 2.05) is 50.2 Å². The van der Waals surface area contributed by atoms with E-state index in [4.69, 9.17) is 0 Å². The third-order valence-electron chi connectivity index (χ3n) is 4.28. The standard InChI is InChI=1S/C20H20BrN5O2/c1-12-8-9-13(2)17(10-12)23-20(28)19-14(3)26(25-24-19)11-18(27)22-16-7-5-4-6-15(16)21/h4-10H,11H2,1-3H3,(H,22,27)(H,23,28). The van der Waals surface area contributed by atoms with Crippen LogP contribution in [0.3, 0.4) is 0 Å². The number of hydrogen-bond acceptors (Lipinski definition) is 4. The zero-order valence-electron chi connectivity index (χ0n) is 15.8. The summed E-state index contributed by atoms with van der Waals surface area (Å²) >= 11 is 3.39. The molecule has 7 nitrogen and oxygen atoms in total. The second-order valence-electron chi connectivity index (χ2n) is 6.48. The molecule has 0 saturated heterocycles.